The lowest BCUT2D eigenvalue weighted by atomic mass is 10.1. The molecule has 0 fully saturated rings. The number of hydrogen-bond acceptors (Lipinski definition) is 3. The Morgan fingerprint density at radius 2 is 1.66 bits per heavy atom. The summed E-state index contributed by atoms with van der Waals surface area (Å²) < 4.78 is 0. The molecular formula is C26H32N2O. The van der Waals surface area contributed by atoms with Crippen molar-refractivity contribution < 1.29 is 4.79 Å². The first-order valence-electron chi connectivity index (χ1n) is 10.00. The highest BCUT2D eigenvalue weighted by molar-refractivity contribution is 6.38. The Labute approximate surface area is 175 Å². The summed E-state index contributed by atoms with van der Waals surface area (Å²) in [7, 11) is 0. The highest BCUT2D eigenvalue weighted by Crippen LogP contribution is 2.21. The third-order valence-corrected chi connectivity index (χ3v) is 4.15. The highest BCUT2D eigenvalue weighted by atomic mass is 16.1. The molecule has 0 saturated heterocycles. The number of pyridine rings is 1. The molecule has 1 aromatic heterocycles. The smallest absolute Gasteiger partial charge is 0.173 e. The second kappa shape index (κ2) is 14.0. The monoisotopic (exact) mass is 388 g/mol. The fourth-order valence-corrected chi connectivity index (χ4v) is 2.46. The SMILES string of the molecule is CCCc1ccccc1.C\C=C/C=C\C(C)=C(\N=C(C)C(C)=O)c1ccncc1. The lowest BCUT2D eigenvalue weighted by molar-refractivity contribution is -0.111. The zero-order valence-electron chi connectivity index (χ0n) is 18.2. The van der Waals surface area contributed by atoms with Crippen LogP contribution in [0.4, 0.5) is 0 Å². The van der Waals surface area contributed by atoms with Crippen LogP contribution in [0.3, 0.4) is 0 Å². The first-order chi connectivity index (χ1) is 14.0. The summed E-state index contributed by atoms with van der Waals surface area (Å²) in [6.07, 6.45) is 13.7. The van der Waals surface area contributed by atoms with Crippen LogP contribution in [0, 0.1) is 0 Å². The maximum Gasteiger partial charge on any atom is 0.173 e. The Hall–Kier alpha value is -3.07. The van der Waals surface area contributed by atoms with Gasteiger partial charge in [-0.25, -0.2) is 4.99 Å². The predicted molar refractivity (Wildman–Crippen MR) is 125 cm³/mol. The highest BCUT2D eigenvalue weighted by Gasteiger charge is 2.06. The Morgan fingerprint density at radius 3 is 2.21 bits per heavy atom. The van der Waals surface area contributed by atoms with Crippen LogP contribution >= 0.6 is 0 Å². The van der Waals surface area contributed by atoms with E-state index >= 15 is 0 Å². The molecule has 3 nitrogen and oxygen atoms in total. The second-order valence-electron chi connectivity index (χ2n) is 6.64. The van der Waals surface area contributed by atoms with Crippen molar-refractivity contribution >= 4 is 17.2 Å². The van der Waals surface area contributed by atoms with E-state index in [1.165, 1.54) is 25.3 Å². The zero-order chi connectivity index (χ0) is 21.5. The molecule has 0 radical (unpaired) electrons. The molecule has 2 rings (SSSR count). The molecule has 0 bridgehead atoms. The van der Waals surface area contributed by atoms with E-state index in [0.29, 0.717) is 5.71 Å². The standard InChI is InChI=1S/C17H20N2O.C9H12/c1-5-6-7-8-13(2)17(19-14(3)15(4)20)16-9-11-18-12-10-16;1-2-6-9-7-4-3-5-8-9/h5-12H,1-4H3;3-5,7-8H,2,6H2,1H3/b6-5-,8-7-,17-13+,19-14?;. The molecule has 0 N–H and O–H groups in total. The number of carbonyl (C=O) groups is 1. The van der Waals surface area contributed by atoms with Crippen LogP contribution in [0.1, 0.15) is 52.2 Å². The van der Waals surface area contributed by atoms with E-state index in [4.69, 9.17) is 0 Å². The fraction of sp³-hybridized carbons (Fsp3) is 0.269. The van der Waals surface area contributed by atoms with Gasteiger partial charge in [-0.2, -0.15) is 0 Å². The van der Waals surface area contributed by atoms with Crippen molar-refractivity contribution in [2.45, 2.75) is 47.5 Å². The van der Waals surface area contributed by atoms with E-state index in [1.807, 2.05) is 50.3 Å². The van der Waals surface area contributed by atoms with Gasteiger partial charge in [0.15, 0.2) is 5.78 Å². The number of hydrogen-bond donors (Lipinski definition) is 0. The van der Waals surface area contributed by atoms with Gasteiger partial charge in [-0.05, 0) is 50.5 Å². The van der Waals surface area contributed by atoms with E-state index < -0.39 is 0 Å². The molecule has 0 saturated carbocycles. The van der Waals surface area contributed by atoms with E-state index in [0.717, 1.165) is 16.8 Å². The first-order valence-corrected chi connectivity index (χ1v) is 10.00. The van der Waals surface area contributed by atoms with Crippen molar-refractivity contribution in [3.05, 3.63) is 95.9 Å². The molecule has 0 aliphatic carbocycles. The first kappa shape index (κ1) is 24.0. The molecule has 0 unspecified atom stereocenters. The van der Waals surface area contributed by atoms with E-state index in [-0.39, 0.29) is 5.78 Å². The normalized spacial score (nSPS) is 12.5. The molecule has 0 spiro atoms. The summed E-state index contributed by atoms with van der Waals surface area (Å²) in [5.41, 5.74) is 4.68. The maximum absolute atomic E-state index is 11.4. The van der Waals surface area contributed by atoms with Gasteiger partial charge in [-0.1, -0.05) is 68.0 Å². The van der Waals surface area contributed by atoms with Crippen molar-refractivity contribution in [2.24, 2.45) is 4.99 Å². The van der Waals surface area contributed by atoms with E-state index in [9.17, 15) is 4.79 Å². The molecule has 1 aromatic carbocycles. The van der Waals surface area contributed by atoms with Crippen molar-refractivity contribution in [1.29, 1.82) is 0 Å². The molecule has 29 heavy (non-hydrogen) atoms. The molecule has 2 aromatic rings. The minimum absolute atomic E-state index is 0.0261. The number of rotatable bonds is 7. The van der Waals surface area contributed by atoms with Crippen LogP contribution in [-0.2, 0) is 11.2 Å². The number of allylic oxidation sites excluding steroid dienone is 5. The molecule has 3 heteroatoms. The number of benzene rings is 1. The quantitative estimate of drug-likeness (QED) is 0.394. The van der Waals surface area contributed by atoms with Gasteiger partial charge in [-0.3, -0.25) is 9.78 Å². The number of aryl methyl sites for hydroxylation is 1. The third-order valence-electron chi connectivity index (χ3n) is 4.15. The van der Waals surface area contributed by atoms with Gasteiger partial charge >= 0.3 is 0 Å². The predicted octanol–water partition coefficient (Wildman–Crippen LogP) is 6.63. The van der Waals surface area contributed by atoms with Crippen LogP contribution in [0.15, 0.2) is 89.7 Å². The van der Waals surface area contributed by atoms with Crippen molar-refractivity contribution in [1.82, 2.24) is 4.98 Å². The average Bonchev–Trinajstić information content (AvgIpc) is 2.74. The number of aromatic nitrogens is 1. The molecule has 1 heterocycles. The lowest BCUT2D eigenvalue weighted by Crippen LogP contribution is -2.05. The minimum atomic E-state index is -0.0261. The molecule has 0 aliphatic rings. The minimum Gasteiger partial charge on any atom is -0.293 e. The summed E-state index contributed by atoms with van der Waals surface area (Å²) in [4.78, 5) is 19.9. The van der Waals surface area contributed by atoms with Gasteiger partial charge in [0.25, 0.3) is 0 Å². The van der Waals surface area contributed by atoms with Gasteiger partial charge < -0.3 is 0 Å². The number of Topliss-reactive ketones (excluding diaryl/α,β-unsaturated/α-hetero) is 1. The van der Waals surface area contributed by atoms with Crippen molar-refractivity contribution in [3.63, 3.8) is 0 Å². The second-order valence-corrected chi connectivity index (χ2v) is 6.64. The number of carbonyl (C=O) groups excluding carboxylic acids is 1. The zero-order valence-corrected chi connectivity index (χ0v) is 18.2. The van der Waals surface area contributed by atoms with Crippen LogP contribution in [-0.4, -0.2) is 16.5 Å². The average molecular weight is 389 g/mol. The molecule has 0 amide bonds. The van der Waals surface area contributed by atoms with E-state index in [2.05, 4.69) is 47.2 Å². The topological polar surface area (TPSA) is 42.3 Å². The van der Waals surface area contributed by atoms with Gasteiger partial charge in [0.2, 0.25) is 0 Å². The summed E-state index contributed by atoms with van der Waals surface area (Å²) in [6.45, 7) is 9.39. The molecular weight excluding hydrogens is 356 g/mol. The Bertz CT molecular complexity index is 860. The Morgan fingerprint density at radius 1 is 1.00 bits per heavy atom. The van der Waals surface area contributed by atoms with E-state index in [1.54, 1.807) is 19.3 Å². The summed E-state index contributed by atoms with van der Waals surface area (Å²) in [5.74, 6) is -0.0261. The lowest BCUT2D eigenvalue weighted by Gasteiger charge is -2.06. The molecule has 0 aliphatic heterocycles. The van der Waals surface area contributed by atoms with Gasteiger partial charge in [0.1, 0.15) is 0 Å². The van der Waals surface area contributed by atoms with Crippen LogP contribution in [0.25, 0.3) is 5.70 Å². The third kappa shape index (κ3) is 9.61. The largest absolute Gasteiger partial charge is 0.293 e. The number of aliphatic imine (C=N–C) groups is 1. The van der Waals surface area contributed by atoms with Crippen molar-refractivity contribution in [3.8, 4) is 0 Å². The molecule has 152 valence electrons. The van der Waals surface area contributed by atoms with Gasteiger partial charge in [0.05, 0.1) is 11.4 Å². The van der Waals surface area contributed by atoms with Crippen LogP contribution in [0.5, 0.6) is 0 Å². The summed E-state index contributed by atoms with van der Waals surface area (Å²) in [5, 5.41) is 0. The summed E-state index contributed by atoms with van der Waals surface area (Å²) >= 11 is 0. The maximum atomic E-state index is 11.4. The number of nitrogens with zero attached hydrogens (tertiary/aromatic N) is 2. The van der Waals surface area contributed by atoms with Crippen molar-refractivity contribution in [2.75, 3.05) is 0 Å². The van der Waals surface area contributed by atoms with Gasteiger partial charge in [0, 0.05) is 24.9 Å². The van der Waals surface area contributed by atoms with Crippen LogP contribution in [0.2, 0.25) is 0 Å². The molecule has 0 atom stereocenters. The Kier molecular flexibility index (Phi) is 11.6. The van der Waals surface area contributed by atoms with Gasteiger partial charge in [-0.15, -0.1) is 0 Å². The summed E-state index contributed by atoms with van der Waals surface area (Å²) in [6, 6.07) is 14.3. The Balaban J connectivity index is 0.000000387. The fourth-order valence-electron chi connectivity index (χ4n) is 2.46. The van der Waals surface area contributed by atoms with Crippen LogP contribution < -0.4 is 0 Å². The number of ketones is 1.